The fourth-order valence-electron chi connectivity index (χ4n) is 3.99. The molecule has 7 heteroatoms. The van der Waals surface area contributed by atoms with Gasteiger partial charge in [-0.15, -0.1) is 0 Å². The van der Waals surface area contributed by atoms with Crippen LogP contribution in [0.5, 0.6) is 0 Å². The van der Waals surface area contributed by atoms with Gasteiger partial charge >= 0.3 is 6.18 Å². The molecule has 1 heterocycles. The van der Waals surface area contributed by atoms with Crippen LogP contribution in [0.1, 0.15) is 17.5 Å². The number of carbonyl (C=O) groups excluding carboxylic acids is 2. The smallest absolute Gasteiger partial charge is 0.272 e. The van der Waals surface area contributed by atoms with Crippen LogP contribution < -0.4 is 0 Å². The average molecular weight is 334 g/mol. The Morgan fingerprint density at radius 3 is 2.21 bits per heavy atom. The summed E-state index contributed by atoms with van der Waals surface area (Å²) in [5.41, 5.74) is -1.03. The molecule has 1 aromatic rings. The molecule has 2 aliphatic carbocycles. The van der Waals surface area contributed by atoms with Crippen LogP contribution in [-0.4, -0.2) is 23.0 Å². The molecule has 0 N–H and O–H groups in total. The van der Waals surface area contributed by atoms with Gasteiger partial charge in [0.15, 0.2) is 0 Å². The van der Waals surface area contributed by atoms with E-state index >= 15 is 0 Å². The zero-order valence-electron chi connectivity index (χ0n) is 12.4. The Morgan fingerprint density at radius 2 is 1.62 bits per heavy atom. The molecular formula is C17H13F3N2O2. The van der Waals surface area contributed by atoms with E-state index in [4.69, 9.17) is 0 Å². The summed E-state index contributed by atoms with van der Waals surface area (Å²) < 4.78 is 39.0. The van der Waals surface area contributed by atoms with Crippen LogP contribution >= 0.6 is 0 Å². The molecule has 2 fully saturated rings. The number of nitrogens with zero attached hydrogens (tertiary/aromatic N) is 2. The van der Waals surface area contributed by atoms with Crippen molar-refractivity contribution < 1.29 is 22.8 Å². The summed E-state index contributed by atoms with van der Waals surface area (Å²) >= 11 is 0. The van der Waals surface area contributed by atoms with Gasteiger partial charge in [-0.05, 0) is 24.3 Å². The predicted octanol–water partition coefficient (Wildman–Crippen LogP) is 2.85. The number of halogens is 3. The van der Waals surface area contributed by atoms with Crippen LogP contribution in [0.15, 0.2) is 41.5 Å². The van der Waals surface area contributed by atoms with Gasteiger partial charge in [0.2, 0.25) is 0 Å². The third kappa shape index (κ3) is 2.11. The van der Waals surface area contributed by atoms with E-state index in [-0.39, 0.29) is 17.4 Å². The first-order valence-corrected chi connectivity index (χ1v) is 7.64. The molecule has 2 amide bonds. The van der Waals surface area contributed by atoms with Crippen molar-refractivity contribution >= 4 is 18.0 Å². The van der Waals surface area contributed by atoms with Crippen LogP contribution in [0.4, 0.5) is 13.2 Å². The van der Waals surface area contributed by atoms with Crippen molar-refractivity contribution in [3.63, 3.8) is 0 Å². The number of hydrazone groups is 1. The van der Waals surface area contributed by atoms with Crippen LogP contribution in [0.3, 0.4) is 0 Å². The Kier molecular flexibility index (Phi) is 3.16. The second-order valence-electron chi connectivity index (χ2n) is 6.32. The van der Waals surface area contributed by atoms with E-state index in [1.807, 2.05) is 12.2 Å². The van der Waals surface area contributed by atoms with Gasteiger partial charge in [-0.2, -0.15) is 23.3 Å². The monoisotopic (exact) mass is 334 g/mol. The van der Waals surface area contributed by atoms with Crippen LogP contribution in [0.25, 0.3) is 0 Å². The minimum absolute atomic E-state index is 0.0408. The summed E-state index contributed by atoms with van der Waals surface area (Å²) in [5.74, 6) is -1.58. The van der Waals surface area contributed by atoms with Crippen molar-refractivity contribution in [3.05, 3.63) is 47.5 Å². The van der Waals surface area contributed by atoms with E-state index < -0.39 is 35.4 Å². The Labute approximate surface area is 135 Å². The topological polar surface area (TPSA) is 49.7 Å². The fraction of sp³-hybridized carbons (Fsp3) is 0.353. The van der Waals surface area contributed by atoms with Crippen LogP contribution in [0.2, 0.25) is 0 Å². The van der Waals surface area contributed by atoms with Gasteiger partial charge in [0.05, 0.1) is 23.6 Å². The van der Waals surface area contributed by atoms with Crippen molar-refractivity contribution in [1.82, 2.24) is 5.01 Å². The molecular weight excluding hydrogens is 321 g/mol. The molecule has 1 aliphatic heterocycles. The molecule has 0 radical (unpaired) electrons. The second-order valence-corrected chi connectivity index (χ2v) is 6.32. The quantitative estimate of drug-likeness (QED) is 0.474. The van der Waals surface area contributed by atoms with E-state index in [2.05, 4.69) is 5.10 Å². The number of carbonyl (C=O) groups is 2. The summed E-state index contributed by atoms with van der Waals surface area (Å²) in [5, 5.41) is 4.53. The Balaban J connectivity index is 1.62. The number of alkyl halides is 3. The SMILES string of the molecule is O=C1[C@@H]2[C@H](C(=O)N1N=Cc1ccccc1C(F)(F)F)[C@H]1C=C[C@H]2C1. The number of amides is 2. The number of fused-ring (bicyclic) bond motifs is 5. The van der Waals surface area contributed by atoms with Crippen LogP contribution in [0, 0.1) is 23.7 Å². The number of benzene rings is 1. The lowest BCUT2D eigenvalue weighted by atomic mass is 9.85. The lowest BCUT2D eigenvalue weighted by Gasteiger charge is -2.13. The molecule has 0 spiro atoms. The molecule has 1 saturated heterocycles. The summed E-state index contributed by atoms with van der Waals surface area (Å²) in [6.07, 6.45) is 1.10. The standard InChI is InChI=1S/C17H13F3N2O2/c18-17(19,20)12-4-2-1-3-11(12)8-21-22-15(23)13-9-5-6-10(7-9)14(13)16(22)24/h1-6,8-10,13-14H,7H2/t9-,10-,13-,14+/m0/s1. The molecule has 4 nitrogen and oxygen atoms in total. The average Bonchev–Trinajstić information content (AvgIpc) is 3.20. The van der Waals surface area contributed by atoms with Crippen molar-refractivity contribution in [2.24, 2.45) is 28.8 Å². The van der Waals surface area contributed by atoms with E-state index in [0.29, 0.717) is 0 Å². The van der Waals surface area contributed by atoms with Crippen molar-refractivity contribution in [1.29, 1.82) is 0 Å². The van der Waals surface area contributed by atoms with Gasteiger partial charge in [-0.3, -0.25) is 9.59 Å². The maximum atomic E-state index is 13.0. The third-order valence-electron chi connectivity index (χ3n) is 5.03. The highest BCUT2D eigenvalue weighted by molar-refractivity contribution is 6.06. The molecule has 0 aromatic heterocycles. The van der Waals surface area contributed by atoms with Gasteiger partial charge in [-0.1, -0.05) is 30.4 Å². The van der Waals surface area contributed by atoms with E-state index in [9.17, 15) is 22.8 Å². The highest BCUT2D eigenvalue weighted by atomic mass is 19.4. The number of rotatable bonds is 2. The lowest BCUT2D eigenvalue weighted by Crippen LogP contribution is -2.28. The van der Waals surface area contributed by atoms with E-state index in [1.165, 1.54) is 18.2 Å². The number of hydrogen-bond donors (Lipinski definition) is 0. The first-order chi connectivity index (χ1) is 11.4. The molecule has 4 atom stereocenters. The second kappa shape index (κ2) is 5.03. The summed E-state index contributed by atoms with van der Waals surface area (Å²) in [6.45, 7) is 0. The molecule has 1 saturated carbocycles. The van der Waals surface area contributed by atoms with Gasteiger partial charge < -0.3 is 0 Å². The maximum Gasteiger partial charge on any atom is 0.417 e. The maximum absolute atomic E-state index is 13.0. The number of imide groups is 1. The Morgan fingerprint density at radius 1 is 1.04 bits per heavy atom. The van der Waals surface area contributed by atoms with Gasteiger partial charge in [-0.25, -0.2) is 0 Å². The minimum Gasteiger partial charge on any atom is -0.272 e. The third-order valence-corrected chi connectivity index (χ3v) is 5.03. The van der Waals surface area contributed by atoms with Gasteiger partial charge in [0, 0.05) is 5.56 Å². The number of hydrogen-bond acceptors (Lipinski definition) is 3. The molecule has 0 unspecified atom stereocenters. The van der Waals surface area contributed by atoms with Crippen molar-refractivity contribution in [2.45, 2.75) is 12.6 Å². The first-order valence-electron chi connectivity index (χ1n) is 7.64. The van der Waals surface area contributed by atoms with Gasteiger partial charge in [0.1, 0.15) is 0 Å². The molecule has 3 aliphatic rings. The van der Waals surface area contributed by atoms with E-state index in [0.717, 1.165) is 23.7 Å². The minimum atomic E-state index is -4.53. The fourth-order valence-corrected chi connectivity index (χ4v) is 3.99. The molecule has 124 valence electrons. The number of allylic oxidation sites excluding steroid dienone is 2. The predicted molar refractivity (Wildman–Crippen MR) is 78.6 cm³/mol. The molecule has 2 bridgehead atoms. The molecule has 1 aromatic carbocycles. The van der Waals surface area contributed by atoms with Crippen LogP contribution in [-0.2, 0) is 15.8 Å². The largest absolute Gasteiger partial charge is 0.417 e. The zero-order valence-corrected chi connectivity index (χ0v) is 12.4. The van der Waals surface area contributed by atoms with Crippen molar-refractivity contribution in [2.75, 3.05) is 0 Å². The summed E-state index contributed by atoms with van der Waals surface area (Å²) in [7, 11) is 0. The zero-order chi connectivity index (χ0) is 17.1. The highest BCUT2D eigenvalue weighted by Crippen LogP contribution is 2.52. The summed E-state index contributed by atoms with van der Waals surface area (Å²) in [4.78, 5) is 24.9. The van der Waals surface area contributed by atoms with E-state index in [1.54, 1.807) is 0 Å². The molecule has 24 heavy (non-hydrogen) atoms. The normalized spacial score (nSPS) is 31.5. The Bertz CT molecular complexity index is 754. The summed E-state index contributed by atoms with van der Waals surface area (Å²) in [6, 6.07) is 4.92. The van der Waals surface area contributed by atoms with Crippen molar-refractivity contribution in [3.8, 4) is 0 Å². The Hall–Kier alpha value is -2.44. The highest BCUT2D eigenvalue weighted by Gasteiger charge is 2.59. The van der Waals surface area contributed by atoms with Gasteiger partial charge in [0.25, 0.3) is 11.8 Å². The first kappa shape index (κ1) is 15.1. The lowest BCUT2D eigenvalue weighted by molar-refractivity contribution is -0.140. The molecule has 4 rings (SSSR count).